The Balaban J connectivity index is 2.29. The maximum absolute atomic E-state index is 6.26. The fourth-order valence-electron chi connectivity index (χ4n) is 2.06. The first-order valence-electron chi connectivity index (χ1n) is 5.32. The van der Waals surface area contributed by atoms with Crippen molar-refractivity contribution < 1.29 is 4.74 Å². The summed E-state index contributed by atoms with van der Waals surface area (Å²) >= 11 is 0. The summed E-state index contributed by atoms with van der Waals surface area (Å²) in [4.78, 5) is 0. The first kappa shape index (κ1) is 10.5. The molecule has 1 fully saturated rings. The van der Waals surface area contributed by atoms with Crippen molar-refractivity contribution >= 4 is 0 Å². The molecule has 0 heterocycles. The summed E-state index contributed by atoms with van der Waals surface area (Å²) in [7, 11) is 1.67. The van der Waals surface area contributed by atoms with Crippen LogP contribution in [0.25, 0.3) is 0 Å². The van der Waals surface area contributed by atoms with Crippen molar-refractivity contribution in [3.05, 3.63) is 29.8 Å². The van der Waals surface area contributed by atoms with E-state index in [4.69, 9.17) is 16.2 Å². The fraction of sp³-hybridized carbons (Fsp3) is 0.500. The van der Waals surface area contributed by atoms with Crippen LogP contribution >= 0.6 is 0 Å². The molecule has 82 valence electrons. The Morgan fingerprint density at radius 2 is 2.07 bits per heavy atom. The van der Waals surface area contributed by atoms with Gasteiger partial charge in [0.15, 0.2) is 0 Å². The Morgan fingerprint density at radius 1 is 1.40 bits per heavy atom. The van der Waals surface area contributed by atoms with E-state index in [0.717, 1.165) is 24.2 Å². The lowest BCUT2D eigenvalue weighted by atomic mass is 9.90. The van der Waals surface area contributed by atoms with Crippen molar-refractivity contribution in [1.29, 1.82) is 0 Å². The number of para-hydroxylation sites is 1. The van der Waals surface area contributed by atoms with Gasteiger partial charge in [-0.2, -0.15) is 0 Å². The maximum Gasteiger partial charge on any atom is 0.123 e. The molecule has 1 saturated carbocycles. The molecule has 0 spiro atoms. The molecule has 0 amide bonds. The molecule has 4 N–H and O–H groups in total. The quantitative estimate of drug-likeness (QED) is 0.783. The third kappa shape index (κ3) is 1.73. The van der Waals surface area contributed by atoms with Gasteiger partial charge in [-0.1, -0.05) is 18.2 Å². The molecule has 1 unspecified atom stereocenters. The minimum absolute atomic E-state index is 0.00125. The molecule has 1 aromatic carbocycles. The minimum atomic E-state index is -0.00125. The van der Waals surface area contributed by atoms with Gasteiger partial charge in [-0.3, -0.25) is 0 Å². The summed E-state index contributed by atoms with van der Waals surface area (Å²) in [6, 6.07) is 7.92. The van der Waals surface area contributed by atoms with Gasteiger partial charge in [-0.25, -0.2) is 0 Å². The molecule has 1 aliphatic rings. The first-order chi connectivity index (χ1) is 7.23. The predicted octanol–water partition coefficient (Wildman–Crippen LogP) is 1.43. The van der Waals surface area contributed by atoms with E-state index in [-0.39, 0.29) is 11.5 Å². The van der Waals surface area contributed by atoms with Gasteiger partial charge in [-0.05, 0) is 25.5 Å². The lowest BCUT2D eigenvalue weighted by Crippen LogP contribution is -2.29. The zero-order chi connectivity index (χ0) is 10.9. The molecule has 1 aliphatic carbocycles. The molecule has 3 nitrogen and oxygen atoms in total. The van der Waals surface area contributed by atoms with Crippen molar-refractivity contribution in [2.45, 2.75) is 18.9 Å². The first-order valence-corrected chi connectivity index (χ1v) is 5.32. The molecular formula is C12H18N2O. The molecule has 2 rings (SSSR count). The Bertz CT molecular complexity index is 347. The zero-order valence-corrected chi connectivity index (χ0v) is 9.07. The van der Waals surface area contributed by atoms with Crippen molar-refractivity contribution in [3.63, 3.8) is 0 Å². The van der Waals surface area contributed by atoms with E-state index in [0.29, 0.717) is 6.54 Å². The van der Waals surface area contributed by atoms with Crippen molar-refractivity contribution in [3.8, 4) is 5.75 Å². The van der Waals surface area contributed by atoms with Crippen LogP contribution in [0.4, 0.5) is 0 Å². The lowest BCUT2D eigenvalue weighted by Gasteiger charge is -2.23. The second-order valence-electron chi connectivity index (χ2n) is 4.29. The van der Waals surface area contributed by atoms with Gasteiger partial charge in [0.2, 0.25) is 0 Å². The van der Waals surface area contributed by atoms with Crippen LogP contribution in [-0.4, -0.2) is 13.7 Å². The summed E-state index contributed by atoms with van der Waals surface area (Å²) < 4.78 is 5.31. The highest BCUT2D eigenvalue weighted by Gasteiger charge is 2.47. The standard InChI is InChI=1S/C12H18N2O/c1-15-10-5-3-2-4-9(10)11(14)12(8-13)6-7-12/h2-5,11H,6-8,13-14H2,1H3. The molecule has 0 aliphatic heterocycles. The Hall–Kier alpha value is -1.06. The second kappa shape index (κ2) is 3.83. The van der Waals surface area contributed by atoms with Gasteiger partial charge in [0.1, 0.15) is 5.75 Å². The Labute approximate surface area is 90.4 Å². The monoisotopic (exact) mass is 206 g/mol. The number of methoxy groups -OCH3 is 1. The summed E-state index contributed by atoms with van der Waals surface area (Å²) in [5.41, 5.74) is 13.2. The number of ether oxygens (including phenoxy) is 1. The topological polar surface area (TPSA) is 61.3 Å². The zero-order valence-electron chi connectivity index (χ0n) is 9.07. The van der Waals surface area contributed by atoms with Gasteiger partial charge in [0, 0.05) is 17.0 Å². The summed E-state index contributed by atoms with van der Waals surface area (Å²) in [5, 5.41) is 0. The summed E-state index contributed by atoms with van der Waals surface area (Å²) in [5.74, 6) is 0.865. The summed E-state index contributed by atoms with van der Waals surface area (Å²) in [6.07, 6.45) is 2.26. The number of rotatable bonds is 4. The smallest absolute Gasteiger partial charge is 0.123 e. The van der Waals surface area contributed by atoms with Gasteiger partial charge in [0.05, 0.1) is 7.11 Å². The van der Waals surface area contributed by atoms with Crippen LogP contribution in [0, 0.1) is 5.41 Å². The molecule has 0 radical (unpaired) electrons. The van der Waals surface area contributed by atoms with Crippen molar-refractivity contribution in [2.75, 3.05) is 13.7 Å². The van der Waals surface area contributed by atoms with Gasteiger partial charge < -0.3 is 16.2 Å². The number of benzene rings is 1. The van der Waals surface area contributed by atoms with Crippen LogP contribution in [-0.2, 0) is 0 Å². The number of hydrogen-bond donors (Lipinski definition) is 2. The van der Waals surface area contributed by atoms with Crippen LogP contribution in [0.2, 0.25) is 0 Å². The van der Waals surface area contributed by atoms with E-state index in [1.807, 2.05) is 24.3 Å². The number of hydrogen-bond acceptors (Lipinski definition) is 3. The van der Waals surface area contributed by atoms with E-state index >= 15 is 0 Å². The normalized spacial score (nSPS) is 19.7. The van der Waals surface area contributed by atoms with Gasteiger partial charge in [0.25, 0.3) is 0 Å². The van der Waals surface area contributed by atoms with Crippen LogP contribution in [0.3, 0.4) is 0 Å². The Kier molecular flexibility index (Phi) is 2.67. The van der Waals surface area contributed by atoms with Crippen LogP contribution < -0.4 is 16.2 Å². The molecule has 0 bridgehead atoms. The van der Waals surface area contributed by atoms with Crippen LogP contribution in [0.1, 0.15) is 24.4 Å². The van der Waals surface area contributed by atoms with Crippen LogP contribution in [0.15, 0.2) is 24.3 Å². The highest BCUT2D eigenvalue weighted by Crippen LogP contribution is 2.54. The second-order valence-corrected chi connectivity index (χ2v) is 4.29. The average Bonchev–Trinajstić information content (AvgIpc) is 3.09. The fourth-order valence-corrected chi connectivity index (χ4v) is 2.06. The van der Waals surface area contributed by atoms with Gasteiger partial charge >= 0.3 is 0 Å². The van der Waals surface area contributed by atoms with E-state index in [2.05, 4.69) is 0 Å². The van der Waals surface area contributed by atoms with Crippen molar-refractivity contribution in [2.24, 2.45) is 16.9 Å². The molecule has 3 heteroatoms. The number of nitrogens with two attached hydrogens (primary N) is 2. The lowest BCUT2D eigenvalue weighted by molar-refractivity contribution is 0.375. The molecule has 0 saturated heterocycles. The third-order valence-corrected chi connectivity index (χ3v) is 3.43. The van der Waals surface area contributed by atoms with E-state index in [1.165, 1.54) is 0 Å². The predicted molar refractivity (Wildman–Crippen MR) is 60.6 cm³/mol. The molecule has 15 heavy (non-hydrogen) atoms. The van der Waals surface area contributed by atoms with E-state index in [1.54, 1.807) is 7.11 Å². The molecular weight excluding hydrogens is 188 g/mol. The van der Waals surface area contributed by atoms with Gasteiger partial charge in [-0.15, -0.1) is 0 Å². The molecule has 1 aromatic rings. The van der Waals surface area contributed by atoms with Crippen LogP contribution in [0.5, 0.6) is 5.75 Å². The Morgan fingerprint density at radius 3 is 2.60 bits per heavy atom. The SMILES string of the molecule is COc1ccccc1C(N)C1(CN)CC1. The third-order valence-electron chi connectivity index (χ3n) is 3.43. The minimum Gasteiger partial charge on any atom is -0.496 e. The average molecular weight is 206 g/mol. The van der Waals surface area contributed by atoms with E-state index < -0.39 is 0 Å². The molecule has 1 atom stereocenters. The molecule has 0 aromatic heterocycles. The maximum atomic E-state index is 6.26. The highest BCUT2D eigenvalue weighted by molar-refractivity contribution is 5.38. The highest BCUT2D eigenvalue weighted by atomic mass is 16.5. The largest absolute Gasteiger partial charge is 0.496 e. The van der Waals surface area contributed by atoms with E-state index in [9.17, 15) is 0 Å². The van der Waals surface area contributed by atoms with Crippen molar-refractivity contribution in [1.82, 2.24) is 0 Å². The summed E-state index contributed by atoms with van der Waals surface area (Å²) in [6.45, 7) is 0.659.